The second-order valence-corrected chi connectivity index (χ2v) is 1.56. The van der Waals surface area contributed by atoms with Crippen LogP contribution in [-0.2, 0) is 0 Å². The molecule has 0 aromatic rings. The SMILES string of the molecule is NC(=S)S.[B]. The van der Waals surface area contributed by atoms with Crippen LogP contribution in [0.2, 0.25) is 0 Å². The number of hydrogen-bond donors (Lipinski definition) is 2. The Hall–Kier alpha value is 0.305. The molecule has 3 radical (unpaired) electrons. The van der Waals surface area contributed by atoms with Gasteiger partial charge in [0.25, 0.3) is 0 Å². The maximum atomic E-state index is 4.71. The minimum Gasteiger partial charge on any atom is -0.385 e. The Balaban J connectivity index is 0. The molecule has 0 atom stereocenters. The van der Waals surface area contributed by atoms with Gasteiger partial charge in [0.15, 0.2) is 0 Å². The van der Waals surface area contributed by atoms with E-state index in [1.165, 1.54) is 0 Å². The summed E-state index contributed by atoms with van der Waals surface area (Å²) >= 11 is 7.65. The Labute approximate surface area is 43.9 Å². The van der Waals surface area contributed by atoms with Crippen LogP contribution in [0.1, 0.15) is 0 Å². The summed E-state index contributed by atoms with van der Waals surface area (Å²) in [7, 11) is 0. The van der Waals surface area contributed by atoms with Crippen molar-refractivity contribution in [2.75, 3.05) is 0 Å². The number of nitrogens with two attached hydrogens (primary N) is 1. The molecule has 0 unspecified atom stereocenters. The van der Waals surface area contributed by atoms with E-state index in [1.54, 1.807) is 0 Å². The van der Waals surface area contributed by atoms with Gasteiger partial charge in [0.1, 0.15) is 4.32 Å². The molecule has 0 aromatic carbocycles. The molecule has 5 heavy (non-hydrogen) atoms. The van der Waals surface area contributed by atoms with Crippen molar-refractivity contribution in [2.24, 2.45) is 5.73 Å². The average Bonchev–Trinajstić information content (AvgIpc) is 0.811. The Morgan fingerprint density at radius 3 is 1.80 bits per heavy atom. The quantitative estimate of drug-likeness (QED) is 0.252. The van der Waals surface area contributed by atoms with Gasteiger partial charge in [-0.3, -0.25) is 0 Å². The van der Waals surface area contributed by atoms with Gasteiger partial charge in [-0.2, -0.15) is 0 Å². The molecule has 0 aliphatic heterocycles. The number of hydrogen-bond acceptors (Lipinski definition) is 1. The highest BCUT2D eigenvalue weighted by molar-refractivity contribution is 8.10. The molecule has 0 fully saturated rings. The van der Waals surface area contributed by atoms with E-state index in [0.717, 1.165) is 0 Å². The summed E-state index contributed by atoms with van der Waals surface area (Å²) in [5, 5.41) is 0. The molecular formula is CH3BNS2. The third-order valence-electron chi connectivity index (χ3n) is 0. The van der Waals surface area contributed by atoms with Crippen molar-refractivity contribution in [2.45, 2.75) is 0 Å². The van der Waals surface area contributed by atoms with Crippen LogP contribution in [-0.4, -0.2) is 12.7 Å². The molecule has 0 saturated heterocycles. The van der Waals surface area contributed by atoms with Gasteiger partial charge in [0.05, 0.1) is 0 Å². The van der Waals surface area contributed by atoms with E-state index in [1.807, 2.05) is 0 Å². The molecular weight excluding hydrogens is 101 g/mol. The van der Waals surface area contributed by atoms with E-state index in [4.69, 9.17) is 5.73 Å². The second kappa shape index (κ2) is 4.30. The lowest BCUT2D eigenvalue weighted by molar-refractivity contribution is 1.91. The lowest BCUT2D eigenvalue weighted by atomic mass is 10.8. The van der Waals surface area contributed by atoms with Gasteiger partial charge >= 0.3 is 0 Å². The minimum atomic E-state index is 0. The maximum Gasteiger partial charge on any atom is 0.128 e. The van der Waals surface area contributed by atoms with Gasteiger partial charge in [-0.1, -0.05) is 12.2 Å². The van der Waals surface area contributed by atoms with E-state index in [9.17, 15) is 0 Å². The molecule has 0 aromatic heterocycles. The fourth-order valence-electron chi connectivity index (χ4n) is 0. The van der Waals surface area contributed by atoms with Crippen molar-refractivity contribution >= 4 is 37.6 Å². The maximum absolute atomic E-state index is 4.71. The van der Waals surface area contributed by atoms with Gasteiger partial charge in [-0.15, -0.1) is 12.6 Å². The molecule has 0 spiro atoms. The van der Waals surface area contributed by atoms with Crippen molar-refractivity contribution in [1.82, 2.24) is 0 Å². The summed E-state index contributed by atoms with van der Waals surface area (Å²) in [6.07, 6.45) is 0. The van der Waals surface area contributed by atoms with Crippen LogP contribution >= 0.6 is 24.8 Å². The van der Waals surface area contributed by atoms with E-state index in [2.05, 4.69) is 24.8 Å². The van der Waals surface area contributed by atoms with Crippen molar-refractivity contribution < 1.29 is 0 Å². The van der Waals surface area contributed by atoms with E-state index < -0.39 is 0 Å². The lowest BCUT2D eigenvalue weighted by Gasteiger charge is -1.64. The predicted octanol–water partition coefficient (Wildman–Crippen LogP) is -0.221. The molecule has 0 amide bonds. The molecule has 1 nitrogen and oxygen atoms in total. The van der Waals surface area contributed by atoms with Gasteiger partial charge in [-0.05, 0) is 0 Å². The van der Waals surface area contributed by atoms with Crippen LogP contribution < -0.4 is 5.73 Å². The number of thiol groups is 1. The Morgan fingerprint density at radius 2 is 1.80 bits per heavy atom. The molecule has 0 saturated carbocycles. The van der Waals surface area contributed by atoms with Crippen LogP contribution in [0.4, 0.5) is 0 Å². The van der Waals surface area contributed by atoms with Crippen molar-refractivity contribution in [1.29, 1.82) is 0 Å². The zero-order chi connectivity index (χ0) is 3.58. The van der Waals surface area contributed by atoms with Gasteiger partial charge < -0.3 is 5.73 Å². The third kappa shape index (κ3) is 246. The lowest BCUT2D eigenvalue weighted by Crippen LogP contribution is -1.94. The van der Waals surface area contributed by atoms with Gasteiger partial charge in [0.2, 0.25) is 0 Å². The highest BCUT2D eigenvalue weighted by atomic mass is 32.1. The Kier molecular flexibility index (Phi) is 7.75. The second-order valence-electron chi connectivity index (χ2n) is 0.338. The highest BCUT2D eigenvalue weighted by Crippen LogP contribution is 1.63. The minimum absolute atomic E-state index is 0. The molecule has 0 bridgehead atoms. The number of thiocarbonyl (C=S) groups is 1. The van der Waals surface area contributed by atoms with E-state index >= 15 is 0 Å². The topological polar surface area (TPSA) is 26.0 Å². The zero-order valence-electron chi connectivity index (χ0n) is 2.51. The molecule has 0 rings (SSSR count). The Bertz CT molecular complexity index is 32.6. The van der Waals surface area contributed by atoms with Gasteiger partial charge in [-0.25, -0.2) is 0 Å². The molecule has 2 N–H and O–H groups in total. The van der Waals surface area contributed by atoms with E-state index in [0.29, 0.717) is 0 Å². The smallest absolute Gasteiger partial charge is 0.128 e. The zero-order valence-corrected chi connectivity index (χ0v) is 4.22. The molecule has 4 heteroatoms. The predicted molar refractivity (Wildman–Crippen MR) is 31.5 cm³/mol. The van der Waals surface area contributed by atoms with Crippen LogP contribution in [0.25, 0.3) is 0 Å². The van der Waals surface area contributed by atoms with Crippen molar-refractivity contribution in [3.05, 3.63) is 0 Å². The summed E-state index contributed by atoms with van der Waals surface area (Å²) in [4.78, 5) is 0. The summed E-state index contributed by atoms with van der Waals surface area (Å²) < 4.78 is 0.194. The Morgan fingerprint density at radius 1 is 1.80 bits per heavy atom. The van der Waals surface area contributed by atoms with Crippen LogP contribution in [0.5, 0.6) is 0 Å². The van der Waals surface area contributed by atoms with Crippen LogP contribution in [0.3, 0.4) is 0 Å². The third-order valence-corrected chi connectivity index (χ3v) is 0. The first-order chi connectivity index (χ1) is 1.73. The summed E-state index contributed by atoms with van der Waals surface area (Å²) in [6.45, 7) is 0. The first-order valence-electron chi connectivity index (χ1n) is 0.716. The normalized spacial score (nSPS) is 5.00. The molecule has 0 aliphatic rings. The standard InChI is InChI=1S/CH3NS2.B/c2-1(3)4;/h(H3,2,3,4);. The molecule has 0 heterocycles. The van der Waals surface area contributed by atoms with E-state index in [-0.39, 0.29) is 12.7 Å². The fourth-order valence-corrected chi connectivity index (χ4v) is 0. The summed E-state index contributed by atoms with van der Waals surface area (Å²) in [6, 6.07) is 0. The van der Waals surface area contributed by atoms with Crippen LogP contribution in [0, 0.1) is 0 Å². The average molecular weight is 104 g/mol. The first-order valence-corrected chi connectivity index (χ1v) is 1.57. The largest absolute Gasteiger partial charge is 0.385 e. The van der Waals surface area contributed by atoms with Crippen LogP contribution in [0.15, 0.2) is 0 Å². The highest BCUT2D eigenvalue weighted by Gasteiger charge is 1.55. The number of rotatable bonds is 0. The monoisotopic (exact) mass is 104 g/mol. The molecule has 0 aliphatic carbocycles. The summed E-state index contributed by atoms with van der Waals surface area (Å²) in [5.41, 5.74) is 4.71. The van der Waals surface area contributed by atoms with Crippen molar-refractivity contribution in [3.63, 3.8) is 0 Å². The van der Waals surface area contributed by atoms with Gasteiger partial charge in [0, 0.05) is 8.41 Å². The van der Waals surface area contributed by atoms with Crippen molar-refractivity contribution in [3.8, 4) is 0 Å². The first kappa shape index (κ1) is 9.00. The fraction of sp³-hybridized carbons (Fsp3) is 0. The molecule has 27 valence electrons. The summed E-state index contributed by atoms with van der Waals surface area (Å²) in [5.74, 6) is 0.